The maximum absolute atomic E-state index is 11.2. The molecule has 2 aliphatic carbocycles. The van der Waals surface area contributed by atoms with Crippen LogP contribution in [0.15, 0.2) is 11.1 Å². The second-order valence-electron chi connectivity index (χ2n) is 7.15. The van der Waals surface area contributed by atoms with Crippen LogP contribution < -0.4 is 0 Å². The van der Waals surface area contributed by atoms with Gasteiger partial charge in [0.05, 0.1) is 0 Å². The van der Waals surface area contributed by atoms with Gasteiger partial charge in [0.15, 0.2) is 0 Å². The fourth-order valence-corrected chi connectivity index (χ4v) is 4.62. The van der Waals surface area contributed by atoms with Crippen molar-refractivity contribution in [3.05, 3.63) is 11.1 Å². The molecular weight excluding hydrogens is 236 g/mol. The van der Waals surface area contributed by atoms with Crippen LogP contribution >= 0.6 is 0 Å². The van der Waals surface area contributed by atoms with Crippen molar-refractivity contribution in [2.24, 2.45) is 23.2 Å². The van der Waals surface area contributed by atoms with Gasteiger partial charge in [0.1, 0.15) is 0 Å². The number of carboxylic acids is 1. The van der Waals surface area contributed by atoms with Crippen molar-refractivity contribution in [1.82, 2.24) is 0 Å². The summed E-state index contributed by atoms with van der Waals surface area (Å²) in [4.78, 5) is 11.2. The summed E-state index contributed by atoms with van der Waals surface area (Å²) in [7, 11) is 0. The Balaban J connectivity index is 2.24. The first-order chi connectivity index (χ1) is 8.87. The third-order valence-electron chi connectivity index (χ3n) is 6.09. The van der Waals surface area contributed by atoms with E-state index in [1.54, 1.807) is 6.92 Å². The third kappa shape index (κ3) is 2.59. The molecule has 0 aliphatic heterocycles. The number of carbonyl (C=O) groups is 1. The number of carboxylic acid groups (broad SMARTS) is 1. The Morgan fingerprint density at radius 3 is 2.58 bits per heavy atom. The molecule has 0 bridgehead atoms. The van der Waals surface area contributed by atoms with E-state index >= 15 is 0 Å². The molecule has 0 spiro atoms. The standard InChI is InChI=1S/C17H28O2/c1-5-14-9-8-12-6-7-13(11(2)16(18)19)10-15(12)17(14,3)4/h12,14-15H,5-10H2,1-4H3,(H,18,19)/t12?,14-,15-/m0/s1. The lowest BCUT2D eigenvalue weighted by Gasteiger charge is -2.52. The normalized spacial score (nSPS) is 36.5. The highest BCUT2D eigenvalue weighted by molar-refractivity contribution is 5.86. The van der Waals surface area contributed by atoms with Crippen molar-refractivity contribution in [3.8, 4) is 0 Å². The molecule has 0 amide bonds. The summed E-state index contributed by atoms with van der Waals surface area (Å²) in [6.07, 6.45) is 7.20. The SMILES string of the molecule is CC[C@H]1CCC2CCC(=C(C)C(=O)O)C[C@@H]2C1(C)C. The van der Waals surface area contributed by atoms with Crippen LogP contribution in [0.25, 0.3) is 0 Å². The quantitative estimate of drug-likeness (QED) is 0.737. The van der Waals surface area contributed by atoms with Crippen LogP contribution in [0.2, 0.25) is 0 Å². The predicted octanol–water partition coefficient (Wildman–Crippen LogP) is 4.65. The minimum absolute atomic E-state index is 0.363. The summed E-state index contributed by atoms with van der Waals surface area (Å²) in [6, 6.07) is 0. The summed E-state index contributed by atoms with van der Waals surface area (Å²) in [5.74, 6) is 1.58. The van der Waals surface area contributed by atoms with Crippen molar-refractivity contribution in [3.63, 3.8) is 0 Å². The van der Waals surface area contributed by atoms with Crippen LogP contribution in [0.5, 0.6) is 0 Å². The monoisotopic (exact) mass is 264 g/mol. The lowest BCUT2D eigenvalue weighted by atomic mass is 9.53. The molecule has 108 valence electrons. The Morgan fingerprint density at radius 1 is 1.32 bits per heavy atom. The number of fused-ring (bicyclic) bond motifs is 1. The number of hydrogen-bond acceptors (Lipinski definition) is 1. The van der Waals surface area contributed by atoms with E-state index in [-0.39, 0.29) is 0 Å². The average Bonchev–Trinajstić information content (AvgIpc) is 2.37. The smallest absolute Gasteiger partial charge is 0.331 e. The Morgan fingerprint density at radius 2 is 2.00 bits per heavy atom. The van der Waals surface area contributed by atoms with Gasteiger partial charge in [-0.1, -0.05) is 32.8 Å². The molecule has 0 aromatic carbocycles. The molecule has 1 N–H and O–H groups in total. The lowest BCUT2D eigenvalue weighted by molar-refractivity contribution is -0.132. The Bertz CT molecular complexity index is 392. The van der Waals surface area contributed by atoms with Crippen molar-refractivity contribution in [1.29, 1.82) is 0 Å². The van der Waals surface area contributed by atoms with Gasteiger partial charge in [-0.2, -0.15) is 0 Å². The van der Waals surface area contributed by atoms with Gasteiger partial charge in [0.25, 0.3) is 0 Å². The molecule has 0 aromatic rings. The first-order valence-corrected chi connectivity index (χ1v) is 7.79. The molecule has 0 saturated heterocycles. The van der Waals surface area contributed by atoms with Gasteiger partial charge in [-0.3, -0.25) is 0 Å². The maximum Gasteiger partial charge on any atom is 0.331 e. The second kappa shape index (κ2) is 5.30. The van der Waals surface area contributed by atoms with E-state index in [1.807, 2.05) is 0 Å². The van der Waals surface area contributed by atoms with Gasteiger partial charge in [-0.25, -0.2) is 4.79 Å². The summed E-state index contributed by atoms with van der Waals surface area (Å²) < 4.78 is 0. The summed E-state index contributed by atoms with van der Waals surface area (Å²) >= 11 is 0. The van der Waals surface area contributed by atoms with E-state index in [1.165, 1.54) is 31.3 Å². The molecule has 2 aliphatic rings. The highest BCUT2D eigenvalue weighted by Gasteiger charge is 2.46. The highest BCUT2D eigenvalue weighted by atomic mass is 16.4. The zero-order chi connectivity index (χ0) is 14.2. The van der Waals surface area contributed by atoms with E-state index in [9.17, 15) is 9.90 Å². The third-order valence-corrected chi connectivity index (χ3v) is 6.09. The molecule has 2 fully saturated rings. The molecule has 3 atom stereocenters. The minimum atomic E-state index is -0.728. The maximum atomic E-state index is 11.2. The topological polar surface area (TPSA) is 37.3 Å². The fraction of sp³-hybridized carbons (Fsp3) is 0.824. The van der Waals surface area contributed by atoms with Crippen molar-refractivity contribution < 1.29 is 9.90 Å². The van der Waals surface area contributed by atoms with Crippen LogP contribution in [0.1, 0.15) is 66.2 Å². The second-order valence-corrected chi connectivity index (χ2v) is 7.15. The fourth-order valence-electron chi connectivity index (χ4n) is 4.62. The molecular formula is C17H28O2. The van der Waals surface area contributed by atoms with Gasteiger partial charge in [0.2, 0.25) is 0 Å². The number of hydrogen-bond donors (Lipinski definition) is 1. The minimum Gasteiger partial charge on any atom is -0.478 e. The van der Waals surface area contributed by atoms with E-state index in [4.69, 9.17) is 0 Å². The molecule has 2 saturated carbocycles. The summed E-state index contributed by atoms with van der Waals surface area (Å²) in [6.45, 7) is 8.91. The summed E-state index contributed by atoms with van der Waals surface area (Å²) in [5.41, 5.74) is 2.17. The van der Waals surface area contributed by atoms with Crippen molar-refractivity contribution >= 4 is 5.97 Å². The first-order valence-electron chi connectivity index (χ1n) is 7.79. The number of rotatable bonds is 2. The zero-order valence-corrected chi connectivity index (χ0v) is 12.8. The number of allylic oxidation sites excluding steroid dienone is 1. The largest absolute Gasteiger partial charge is 0.478 e. The molecule has 2 nitrogen and oxygen atoms in total. The Kier molecular flexibility index (Phi) is 4.08. The zero-order valence-electron chi connectivity index (χ0n) is 12.8. The van der Waals surface area contributed by atoms with E-state index in [0.29, 0.717) is 16.9 Å². The summed E-state index contributed by atoms with van der Waals surface area (Å²) in [5, 5.41) is 9.20. The van der Waals surface area contributed by atoms with Crippen molar-refractivity contribution in [2.75, 3.05) is 0 Å². The Labute approximate surface area is 117 Å². The van der Waals surface area contributed by atoms with Gasteiger partial charge in [-0.15, -0.1) is 0 Å². The van der Waals surface area contributed by atoms with Crippen molar-refractivity contribution in [2.45, 2.75) is 66.2 Å². The number of aliphatic carboxylic acids is 1. The van der Waals surface area contributed by atoms with Crippen LogP contribution in [0.3, 0.4) is 0 Å². The van der Waals surface area contributed by atoms with Gasteiger partial charge >= 0.3 is 5.97 Å². The van der Waals surface area contributed by atoms with E-state index in [0.717, 1.165) is 24.7 Å². The lowest BCUT2D eigenvalue weighted by Crippen LogP contribution is -2.43. The van der Waals surface area contributed by atoms with E-state index in [2.05, 4.69) is 20.8 Å². The molecule has 2 heteroatoms. The molecule has 0 aromatic heterocycles. The van der Waals surface area contributed by atoms with Gasteiger partial charge in [-0.05, 0) is 62.2 Å². The molecule has 1 unspecified atom stereocenters. The van der Waals surface area contributed by atoms with Crippen LogP contribution in [0, 0.1) is 23.2 Å². The van der Waals surface area contributed by atoms with Gasteiger partial charge in [0, 0.05) is 5.57 Å². The van der Waals surface area contributed by atoms with Crippen LogP contribution in [0.4, 0.5) is 0 Å². The predicted molar refractivity (Wildman–Crippen MR) is 78.0 cm³/mol. The first kappa shape index (κ1) is 14.6. The Hall–Kier alpha value is -0.790. The highest BCUT2D eigenvalue weighted by Crippen LogP contribution is 2.55. The molecule has 2 rings (SSSR count). The van der Waals surface area contributed by atoms with E-state index < -0.39 is 5.97 Å². The van der Waals surface area contributed by atoms with Crippen LogP contribution in [-0.4, -0.2) is 11.1 Å². The molecule has 0 radical (unpaired) electrons. The average molecular weight is 264 g/mol. The van der Waals surface area contributed by atoms with Gasteiger partial charge < -0.3 is 5.11 Å². The molecule has 0 heterocycles. The molecule has 19 heavy (non-hydrogen) atoms. The van der Waals surface area contributed by atoms with Crippen LogP contribution in [-0.2, 0) is 4.79 Å².